The number of nitrogen functional groups attached to an aromatic ring is 1. The van der Waals surface area contributed by atoms with Gasteiger partial charge in [0, 0.05) is 12.2 Å². The van der Waals surface area contributed by atoms with Crippen molar-refractivity contribution in [1.29, 1.82) is 0 Å². The van der Waals surface area contributed by atoms with E-state index in [-0.39, 0.29) is 11.9 Å². The SMILES string of the molecule is C[C@@H](C/C=C/c1cnc(N)c(OC(F)(F)F)c1)NC(=O)OC(C)(C)C. The van der Waals surface area contributed by atoms with E-state index < -0.39 is 23.8 Å². The van der Waals surface area contributed by atoms with Crippen LogP contribution in [0.2, 0.25) is 0 Å². The molecule has 0 saturated heterocycles. The highest BCUT2D eigenvalue weighted by molar-refractivity contribution is 5.68. The first-order valence-corrected chi connectivity index (χ1v) is 7.53. The Morgan fingerprint density at radius 1 is 1.40 bits per heavy atom. The molecule has 0 aliphatic rings. The maximum atomic E-state index is 12.3. The summed E-state index contributed by atoms with van der Waals surface area (Å²) in [6.45, 7) is 7.04. The van der Waals surface area contributed by atoms with Gasteiger partial charge in [0.1, 0.15) is 5.60 Å². The van der Waals surface area contributed by atoms with Gasteiger partial charge in [-0.1, -0.05) is 12.2 Å². The maximum Gasteiger partial charge on any atom is 0.573 e. The molecule has 0 saturated carbocycles. The number of ether oxygens (including phenoxy) is 2. The van der Waals surface area contributed by atoms with Gasteiger partial charge in [0.15, 0.2) is 11.6 Å². The highest BCUT2D eigenvalue weighted by atomic mass is 19.4. The van der Waals surface area contributed by atoms with Gasteiger partial charge in [-0.3, -0.25) is 0 Å². The fourth-order valence-corrected chi connectivity index (χ4v) is 1.74. The van der Waals surface area contributed by atoms with Crippen LogP contribution in [0, 0.1) is 0 Å². The van der Waals surface area contributed by atoms with E-state index in [0.717, 1.165) is 6.07 Å². The van der Waals surface area contributed by atoms with Gasteiger partial charge in [-0.25, -0.2) is 9.78 Å². The normalized spacial score (nSPS) is 13.6. The van der Waals surface area contributed by atoms with Crippen LogP contribution in [0.3, 0.4) is 0 Å². The van der Waals surface area contributed by atoms with Gasteiger partial charge in [-0.05, 0) is 45.7 Å². The van der Waals surface area contributed by atoms with E-state index in [1.165, 1.54) is 6.20 Å². The number of rotatable bonds is 5. The summed E-state index contributed by atoms with van der Waals surface area (Å²) in [5, 5.41) is 2.65. The van der Waals surface area contributed by atoms with E-state index in [9.17, 15) is 18.0 Å². The average Bonchev–Trinajstić information content (AvgIpc) is 2.38. The third kappa shape index (κ3) is 8.83. The first kappa shape index (κ1) is 20.6. The third-order valence-electron chi connectivity index (χ3n) is 2.69. The minimum atomic E-state index is -4.84. The number of alkyl halides is 3. The lowest BCUT2D eigenvalue weighted by atomic mass is 10.2. The van der Waals surface area contributed by atoms with E-state index in [2.05, 4.69) is 15.0 Å². The van der Waals surface area contributed by atoms with Gasteiger partial charge in [0.05, 0.1) is 0 Å². The molecule has 3 N–H and O–H groups in total. The molecule has 25 heavy (non-hydrogen) atoms. The van der Waals surface area contributed by atoms with Crippen LogP contribution in [0.15, 0.2) is 18.3 Å². The molecule has 0 unspecified atom stereocenters. The van der Waals surface area contributed by atoms with Crippen LogP contribution in [-0.4, -0.2) is 29.1 Å². The minimum absolute atomic E-state index is 0.223. The second kappa shape index (κ2) is 8.09. The highest BCUT2D eigenvalue weighted by Crippen LogP contribution is 2.27. The van der Waals surface area contributed by atoms with E-state index >= 15 is 0 Å². The predicted molar refractivity (Wildman–Crippen MR) is 87.8 cm³/mol. The minimum Gasteiger partial charge on any atom is -0.444 e. The first-order chi connectivity index (χ1) is 11.4. The number of hydrogen-bond donors (Lipinski definition) is 2. The Morgan fingerprint density at radius 2 is 2.04 bits per heavy atom. The van der Waals surface area contributed by atoms with Crippen LogP contribution in [0.25, 0.3) is 6.08 Å². The van der Waals surface area contributed by atoms with Crippen molar-refractivity contribution in [2.24, 2.45) is 0 Å². The van der Waals surface area contributed by atoms with Crippen LogP contribution in [0.4, 0.5) is 23.8 Å². The molecule has 0 fully saturated rings. The third-order valence-corrected chi connectivity index (χ3v) is 2.69. The average molecular weight is 361 g/mol. The number of alkyl carbamates (subject to hydrolysis) is 1. The molecule has 0 spiro atoms. The number of amides is 1. The molecule has 1 rings (SSSR count). The number of carbonyl (C=O) groups is 1. The summed E-state index contributed by atoms with van der Waals surface area (Å²) in [6.07, 6.45) is -0.372. The van der Waals surface area contributed by atoms with Crippen LogP contribution in [-0.2, 0) is 4.74 Å². The molecule has 0 aliphatic heterocycles. The Balaban J connectivity index is 2.61. The van der Waals surface area contributed by atoms with Crippen molar-refractivity contribution in [3.8, 4) is 5.75 Å². The molecule has 1 atom stereocenters. The molecule has 1 aromatic rings. The molecule has 1 amide bonds. The van der Waals surface area contributed by atoms with Crippen molar-refractivity contribution in [3.63, 3.8) is 0 Å². The van der Waals surface area contributed by atoms with Crippen molar-refractivity contribution >= 4 is 18.0 Å². The fraction of sp³-hybridized carbons (Fsp3) is 0.500. The number of carbonyl (C=O) groups excluding carboxylic acids is 1. The van der Waals surface area contributed by atoms with E-state index in [0.29, 0.717) is 12.0 Å². The Kier molecular flexibility index (Phi) is 6.66. The van der Waals surface area contributed by atoms with Crippen molar-refractivity contribution in [3.05, 3.63) is 23.9 Å². The maximum absolute atomic E-state index is 12.3. The van der Waals surface area contributed by atoms with Crippen LogP contribution in [0.5, 0.6) is 5.75 Å². The number of hydrogen-bond acceptors (Lipinski definition) is 5. The summed E-state index contributed by atoms with van der Waals surface area (Å²) in [7, 11) is 0. The van der Waals surface area contributed by atoms with Gasteiger partial charge >= 0.3 is 12.5 Å². The Bertz CT molecular complexity index is 625. The summed E-state index contributed by atoms with van der Waals surface area (Å²) < 4.78 is 45.8. The molecule has 140 valence electrons. The second-order valence-corrected chi connectivity index (χ2v) is 6.39. The van der Waals surface area contributed by atoms with E-state index in [1.807, 2.05) is 0 Å². The van der Waals surface area contributed by atoms with Gasteiger partial charge in [0.25, 0.3) is 0 Å². The van der Waals surface area contributed by atoms with E-state index in [4.69, 9.17) is 10.5 Å². The molecule has 1 aromatic heterocycles. The molecular formula is C16H22F3N3O3. The Morgan fingerprint density at radius 3 is 2.60 bits per heavy atom. The molecule has 6 nitrogen and oxygen atoms in total. The molecule has 0 radical (unpaired) electrons. The standard InChI is InChI=1S/C16H22F3N3O3/c1-10(22-14(23)25-15(2,3)4)6-5-7-11-8-12(13(20)21-9-11)24-16(17,18)19/h5,7-10H,6H2,1-4H3,(H2,20,21)(H,22,23)/b7-5+/t10-/m0/s1. The zero-order valence-electron chi connectivity index (χ0n) is 14.5. The lowest BCUT2D eigenvalue weighted by Crippen LogP contribution is -2.37. The number of nitrogens with one attached hydrogen (secondary N) is 1. The van der Waals surface area contributed by atoms with Crippen LogP contribution >= 0.6 is 0 Å². The lowest BCUT2D eigenvalue weighted by Gasteiger charge is -2.21. The van der Waals surface area contributed by atoms with Gasteiger partial charge in [-0.2, -0.15) is 0 Å². The van der Waals surface area contributed by atoms with Gasteiger partial charge in [0.2, 0.25) is 0 Å². The Hall–Kier alpha value is -2.45. The largest absolute Gasteiger partial charge is 0.573 e. The zero-order valence-corrected chi connectivity index (χ0v) is 14.5. The molecule has 0 aromatic carbocycles. The second-order valence-electron chi connectivity index (χ2n) is 6.39. The first-order valence-electron chi connectivity index (χ1n) is 7.53. The zero-order chi connectivity index (χ0) is 19.3. The van der Waals surface area contributed by atoms with Gasteiger partial charge in [-0.15, -0.1) is 13.2 Å². The van der Waals surface area contributed by atoms with Crippen molar-refractivity contribution in [2.75, 3.05) is 5.73 Å². The number of halogens is 3. The summed E-state index contributed by atoms with van der Waals surface area (Å²) in [5.41, 5.74) is 5.15. The number of pyridine rings is 1. The Labute approximate surface area is 144 Å². The highest BCUT2D eigenvalue weighted by Gasteiger charge is 2.32. The summed E-state index contributed by atoms with van der Waals surface area (Å²) >= 11 is 0. The van der Waals surface area contributed by atoms with Crippen molar-refractivity contribution in [1.82, 2.24) is 10.3 Å². The fourth-order valence-electron chi connectivity index (χ4n) is 1.74. The van der Waals surface area contributed by atoms with E-state index in [1.54, 1.807) is 39.8 Å². The number of anilines is 1. The van der Waals surface area contributed by atoms with Crippen LogP contribution < -0.4 is 15.8 Å². The number of nitrogens with two attached hydrogens (primary N) is 1. The van der Waals surface area contributed by atoms with Crippen molar-refractivity contribution in [2.45, 2.75) is 52.1 Å². The topological polar surface area (TPSA) is 86.5 Å². The molecule has 0 bridgehead atoms. The van der Waals surface area contributed by atoms with Crippen molar-refractivity contribution < 1.29 is 27.4 Å². The summed E-state index contributed by atoms with van der Waals surface area (Å²) in [6, 6.07) is 0.914. The lowest BCUT2D eigenvalue weighted by molar-refractivity contribution is -0.274. The number of nitrogens with zero attached hydrogens (tertiary/aromatic N) is 1. The monoisotopic (exact) mass is 361 g/mol. The van der Waals surface area contributed by atoms with Crippen LogP contribution in [0.1, 0.15) is 39.7 Å². The smallest absolute Gasteiger partial charge is 0.444 e. The molecule has 9 heteroatoms. The predicted octanol–water partition coefficient (Wildman–Crippen LogP) is 3.88. The summed E-state index contributed by atoms with van der Waals surface area (Å²) in [5.74, 6) is -0.913. The van der Waals surface area contributed by atoms with Gasteiger partial charge < -0.3 is 20.5 Å². The molecule has 1 heterocycles. The number of aromatic nitrogens is 1. The molecule has 0 aliphatic carbocycles. The quantitative estimate of drug-likeness (QED) is 0.831. The molecular weight excluding hydrogens is 339 g/mol. The summed E-state index contributed by atoms with van der Waals surface area (Å²) in [4.78, 5) is 15.3.